The van der Waals surface area contributed by atoms with Crippen LogP contribution in [0.5, 0.6) is 5.75 Å². The van der Waals surface area contributed by atoms with Crippen LogP contribution in [0.1, 0.15) is 36.3 Å². The first kappa shape index (κ1) is 20.6. The van der Waals surface area contributed by atoms with E-state index in [1.165, 1.54) is 6.20 Å². The van der Waals surface area contributed by atoms with Gasteiger partial charge in [0.2, 0.25) is 11.2 Å². The fourth-order valence-corrected chi connectivity index (χ4v) is 3.13. The van der Waals surface area contributed by atoms with Crippen molar-refractivity contribution >= 4 is 17.6 Å². The highest BCUT2D eigenvalue weighted by Gasteiger charge is 2.30. The van der Waals surface area contributed by atoms with Gasteiger partial charge < -0.3 is 19.4 Å². The molecule has 152 valence electrons. The van der Waals surface area contributed by atoms with Crippen molar-refractivity contribution < 1.29 is 24.2 Å². The zero-order valence-electron chi connectivity index (χ0n) is 15.5. The number of H-pyrrole nitrogens is 1. The first-order valence-corrected chi connectivity index (χ1v) is 9.24. The number of hydrogen-bond donors (Lipinski definition) is 3. The number of halogens is 1. The highest BCUT2D eigenvalue weighted by atomic mass is 35.5. The molecule has 3 aromatic rings. The quantitative estimate of drug-likeness (QED) is 0.503. The number of nitrogens with zero attached hydrogens (tertiary/aromatic N) is 1. The normalized spacial score (nSPS) is 12.0. The molecule has 0 aliphatic carbocycles. The summed E-state index contributed by atoms with van der Waals surface area (Å²) >= 11 is 5.95. The molecule has 3 rings (SSSR count). The van der Waals surface area contributed by atoms with Gasteiger partial charge in [0.15, 0.2) is 5.76 Å². The standard InChI is InChI=1S/C20H19ClN2O6/c1-2-28-17(26)8-14(20-19(27)16(25)7-13(10-24)29-20)15-9-22-23-18(15)11-3-5-12(21)6-4-11/h3-7,9,14,24,27H,2,8,10H2,1H3,(H,22,23). The van der Waals surface area contributed by atoms with E-state index in [9.17, 15) is 19.8 Å². The number of nitrogens with one attached hydrogen (secondary N) is 1. The molecule has 3 N–H and O–H groups in total. The van der Waals surface area contributed by atoms with E-state index in [1.807, 2.05) is 0 Å². The van der Waals surface area contributed by atoms with Gasteiger partial charge in [0.05, 0.1) is 30.8 Å². The molecule has 29 heavy (non-hydrogen) atoms. The number of esters is 1. The van der Waals surface area contributed by atoms with Crippen LogP contribution in [-0.4, -0.2) is 33.0 Å². The molecule has 0 aliphatic rings. The van der Waals surface area contributed by atoms with Crippen molar-refractivity contribution in [1.29, 1.82) is 0 Å². The van der Waals surface area contributed by atoms with Crippen molar-refractivity contribution in [2.45, 2.75) is 25.9 Å². The predicted molar refractivity (Wildman–Crippen MR) is 105 cm³/mol. The van der Waals surface area contributed by atoms with Crippen molar-refractivity contribution in [1.82, 2.24) is 10.2 Å². The summed E-state index contributed by atoms with van der Waals surface area (Å²) in [5.41, 5.74) is 1.08. The Hall–Kier alpha value is -3.10. The SMILES string of the molecule is CCOC(=O)CC(c1cn[nH]c1-c1ccc(Cl)cc1)c1oc(CO)cc(=O)c1O. The molecule has 0 radical (unpaired) electrons. The van der Waals surface area contributed by atoms with Gasteiger partial charge in [-0.3, -0.25) is 14.7 Å². The maximum atomic E-state index is 12.2. The molecule has 2 aromatic heterocycles. The summed E-state index contributed by atoms with van der Waals surface area (Å²) in [6.45, 7) is 1.31. The maximum absolute atomic E-state index is 12.2. The van der Waals surface area contributed by atoms with Gasteiger partial charge in [-0.2, -0.15) is 5.10 Å². The molecule has 8 nitrogen and oxygen atoms in total. The Bertz CT molecular complexity index is 1060. The summed E-state index contributed by atoms with van der Waals surface area (Å²) in [6.07, 6.45) is 1.28. The van der Waals surface area contributed by atoms with E-state index in [-0.39, 0.29) is 24.5 Å². The third kappa shape index (κ3) is 4.49. The number of aliphatic hydroxyl groups excluding tert-OH is 1. The number of rotatable bonds is 7. The molecule has 1 aromatic carbocycles. The van der Waals surface area contributed by atoms with E-state index in [2.05, 4.69) is 10.2 Å². The zero-order chi connectivity index (χ0) is 21.0. The van der Waals surface area contributed by atoms with Gasteiger partial charge in [0, 0.05) is 16.7 Å². The molecule has 9 heteroatoms. The van der Waals surface area contributed by atoms with Crippen LogP contribution < -0.4 is 5.43 Å². The molecule has 0 bridgehead atoms. The number of hydrogen-bond acceptors (Lipinski definition) is 7. The number of carbonyl (C=O) groups excluding carboxylic acids is 1. The second kappa shape index (κ2) is 8.93. The number of aliphatic hydroxyl groups is 1. The second-order valence-electron chi connectivity index (χ2n) is 6.22. The first-order valence-electron chi connectivity index (χ1n) is 8.86. The van der Waals surface area contributed by atoms with Gasteiger partial charge in [0.25, 0.3) is 0 Å². The van der Waals surface area contributed by atoms with Crippen LogP contribution in [0.4, 0.5) is 0 Å². The smallest absolute Gasteiger partial charge is 0.306 e. The lowest BCUT2D eigenvalue weighted by Crippen LogP contribution is -2.15. The Labute approximate surface area is 170 Å². The van der Waals surface area contributed by atoms with Crippen LogP contribution >= 0.6 is 11.6 Å². The molecule has 0 amide bonds. The van der Waals surface area contributed by atoms with E-state index in [0.29, 0.717) is 16.3 Å². The minimum absolute atomic E-state index is 0.0341. The van der Waals surface area contributed by atoms with Crippen LogP contribution in [-0.2, 0) is 16.1 Å². The number of ether oxygens (including phenoxy) is 1. The lowest BCUT2D eigenvalue weighted by Gasteiger charge is -2.17. The summed E-state index contributed by atoms with van der Waals surface area (Å²) in [5, 5.41) is 27.2. The van der Waals surface area contributed by atoms with Crippen LogP contribution in [0, 0.1) is 0 Å². The van der Waals surface area contributed by atoms with Gasteiger partial charge in [0.1, 0.15) is 12.4 Å². The highest BCUT2D eigenvalue weighted by molar-refractivity contribution is 6.30. The van der Waals surface area contributed by atoms with Gasteiger partial charge in [-0.1, -0.05) is 23.7 Å². The highest BCUT2D eigenvalue weighted by Crippen LogP contribution is 2.37. The average Bonchev–Trinajstić information content (AvgIpc) is 3.18. The maximum Gasteiger partial charge on any atom is 0.306 e. The fraction of sp³-hybridized carbons (Fsp3) is 0.250. The van der Waals surface area contributed by atoms with Crippen LogP contribution in [0.15, 0.2) is 45.7 Å². The monoisotopic (exact) mass is 418 g/mol. The van der Waals surface area contributed by atoms with Crippen molar-refractivity contribution in [3.8, 4) is 17.0 Å². The molecule has 0 saturated heterocycles. The largest absolute Gasteiger partial charge is 0.502 e. The van der Waals surface area contributed by atoms with E-state index >= 15 is 0 Å². The summed E-state index contributed by atoms with van der Waals surface area (Å²) < 4.78 is 10.6. The molecule has 0 fully saturated rings. The van der Waals surface area contributed by atoms with Crippen LogP contribution in [0.2, 0.25) is 5.02 Å². The summed E-state index contributed by atoms with van der Waals surface area (Å²) in [5.74, 6) is -2.24. The van der Waals surface area contributed by atoms with Crippen LogP contribution in [0.3, 0.4) is 0 Å². The van der Waals surface area contributed by atoms with Crippen molar-refractivity contribution in [3.63, 3.8) is 0 Å². The Morgan fingerprint density at radius 1 is 1.34 bits per heavy atom. The molecule has 1 unspecified atom stereocenters. The zero-order valence-corrected chi connectivity index (χ0v) is 16.3. The Balaban J connectivity index is 2.15. The minimum atomic E-state index is -0.877. The molecular weight excluding hydrogens is 400 g/mol. The number of carbonyl (C=O) groups is 1. The van der Waals surface area contributed by atoms with Crippen molar-refractivity contribution in [2.75, 3.05) is 6.61 Å². The number of aromatic nitrogens is 2. The Kier molecular flexibility index (Phi) is 6.36. The predicted octanol–water partition coefficient (Wildman–Crippen LogP) is 2.97. The Morgan fingerprint density at radius 3 is 2.72 bits per heavy atom. The molecule has 0 aliphatic heterocycles. The summed E-state index contributed by atoms with van der Waals surface area (Å²) in [7, 11) is 0. The Morgan fingerprint density at radius 2 is 2.07 bits per heavy atom. The van der Waals surface area contributed by atoms with Gasteiger partial charge >= 0.3 is 5.97 Å². The number of aromatic amines is 1. The van der Waals surface area contributed by atoms with E-state index in [4.69, 9.17) is 20.8 Å². The third-order valence-electron chi connectivity index (χ3n) is 4.33. The van der Waals surface area contributed by atoms with Gasteiger partial charge in [-0.15, -0.1) is 0 Å². The van der Waals surface area contributed by atoms with E-state index in [0.717, 1.165) is 11.6 Å². The van der Waals surface area contributed by atoms with Crippen molar-refractivity contribution in [2.24, 2.45) is 0 Å². The van der Waals surface area contributed by atoms with E-state index < -0.39 is 29.7 Å². The van der Waals surface area contributed by atoms with Crippen molar-refractivity contribution in [3.05, 3.63) is 68.9 Å². The summed E-state index contributed by atoms with van der Waals surface area (Å²) in [6, 6.07) is 7.93. The van der Waals surface area contributed by atoms with Crippen LogP contribution in [0.25, 0.3) is 11.3 Å². The molecule has 1 atom stereocenters. The molecular formula is C20H19ClN2O6. The minimum Gasteiger partial charge on any atom is -0.502 e. The lowest BCUT2D eigenvalue weighted by atomic mass is 9.90. The second-order valence-corrected chi connectivity index (χ2v) is 6.65. The molecule has 0 saturated carbocycles. The third-order valence-corrected chi connectivity index (χ3v) is 4.58. The lowest BCUT2D eigenvalue weighted by molar-refractivity contribution is -0.143. The molecule has 0 spiro atoms. The van der Waals surface area contributed by atoms with E-state index in [1.54, 1.807) is 31.2 Å². The summed E-state index contributed by atoms with van der Waals surface area (Å²) in [4.78, 5) is 24.4. The average molecular weight is 419 g/mol. The molecule has 2 heterocycles. The van der Waals surface area contributed by atoms with Gasteiger partial charge in [-0.05, 0) is 24.6 Å². The van der Waals surface area contributed by atoms with Gasteiger partial charge in [-0.25, -0.2) is 0 Å². The topological polar surface area (TPSA) is 126 Å². The number of aromatic hydroxyl groups is 1. The fourth-order valence-electron chi connectivity index (χ4n) is 3.01. The first-order chi connectivity index (χ1) is 13.9. The number of benzene rings is 1.